The molecule has 8 nitrogen and oxygen atoms in total. The molecule has 3 aliphatic rings. The fourth-order valence-electron chi connectivity index (χ4n) is 6.99. The van der Waals surface area contributed by atoms with Crippen molar-refractivity contribution < 1.29 is 0 Å². The van der Waals surface area contributed by atoms with Crippen molar-refractivity contribution in [3.8, 4) is 0 Å². The molecule has 1 aromatic heterocycles. The Balaban J connectivity index is 1.03. The van der Waals surface area contributed by atoms with Crippen LogP contribution in [-0.4, -0.2) is 43.7 Å². The van der Waals surface area contributed by atoms with E-state index < -0.39 is 0 Å². The van der Waals surface area contributed by atoms with Gasteiger partial charge in [-0.05, 0) is 98.4 Å². The molecule has 9 heteroatoms. The van der Waals surface area contributed by atoms with Gasteiger partial charge in [-0.25, -0.2) is 4.98 Å². The number of halogens is 1. The molecule has 1 unspecified atom stereocenters. The third-order valence-electron chi connectivity index (χ3n) is 10.1. The highest BCUT2D eigenvalue weighted by Crippen LogP contribution is 2.38. The monoisotopic (exact) mass is 676 g/mol. The van der Waals surface area contributed by atoms with Crippen molar-refractivity contribution >= 4 is 46.5 Å². The van der Waals surface area contributed by atoms with Crippen LogP contribution in [0.2, 0.25) is 5.02 Å². The Labute approximate surface area is 296 Å². The predicted octanol–water partition coefficient (Wildman–Crippen LogP) is 8.95. The van der Waals surface area contributed by atoms with Gasteiger partial charge in [0.05, 0.1) is 6.20 Å². The second-order valence-electron chi connectivity index (χ2n) is 13.4. The highest BCUT2D eigenvalue weighted by Gasteiger charge is 2.24. The van der Waals surface area contributed by atoms with Crippen molar-refractivity contribution in [2.24, 2.45) is 5.92 Å². The summed E-state index contributed by atoms with van der Waals surface area (Å²) >= 11 is 6.61. The van der Waals surface area contributed by atoms with E-state index in [9.17, 15) is 0 Å². The molecule has 2 fully saturated rings. The van der Waals surface area contributed by atoms with Crippen LogP contribution in [0.15, 0.2) is 103 Å². The van der Waals surface area contributed by atoms with Crippen LogP contribution in [0, 0.1) is 5.92 Å². The summed E-state index contributed by atoms with van der Waals surface area (Å²) in [6.45, 7) is 19.5. The van der Waals surface area contributed by atoms with Gasteiger partial charge in [0.15, 0.2) is 5.82 Å². The first kappa shape index (κ1) is 34.2. The Bertz CT molecular complexity index is 1770. The van der Waals surface area contributed by atoms with Crippen LogP contribution in [0.25, 0.3) is 6.08 Å². The van der Waals surface area contributed by atoms with Crippen molar-refractivity contribution in [3.63, 3.8) is 0 Å². The van der Waals surface area contributed by atoms with E-state index in [0.29, 0.717) is 28.6 Å². The molecule has 1 atom stereocenters. The molecule has 2 aromatic carbocycles. The first-order valence-electron chi connectivity index (χ1n) is 17.3. The number of hydrogen-bond donors (Lipinski definition) is 4. The van der Waals surface area contributed by atoms with Crippen molar-refractivity contribution in [3.05, 3.63) is 119 Å². The van der Waals surface area contributed by atoms with Gasteiger partial charge in [-0.3, -0.25) is 0 Å². The topological polar surface area (TPSA) is 80.4 Å². The first-order chi connectivity index (χ1) is 23.7. The Morgan fingerprint density at radius 1 is 1.06 bits per heavy atom. The van der Waals surface area contributed by atoms with Crippen molar-refractivity contribution in [2.45, 2.75) is 50.9 Å². The van der Waals surface area contributed by atoms with E-state index in [1.54, 1.807) is 6.20 Å². The smallest absolute Gasteiger partial charge is 0.227 e. The van der Waals surface area contributed by atoms with Gasteiger partial charge in [-0.2, -0.15) is 4.98 Å². The number of aromatic nitrogens is 2. The Morgan fingerprint density at radius 2 is 1.88 bits per heavy atom. The molecule has 0 spiro atoms. The van der Waals surface area contributed by atoms with Gasteiger partial charge >= 0.3 is 0 Å². The van der Waals surface area contributed by atoms with E-state index in [2.05, 4.69) is 118 Å². The second-order valence-corrected chi connectivity index (χ2v) is 13.8. The fourth-order valence-corrected chi connectivity index (χ4v) is 7.13. The summed E-state index contributed by atoms with van der Waals surface area (Å²) in [4.78, 5) is 13.9. The molecule has 2 saturated heterocycles. The molecule has 4 heterocycles. The molecule has 0 aliphatic carbocycles. The molecule has 49 heavy (non-hydrogen) atoms. The maximum Gasteiger partial charge on any atom is 0.227 e. The molecule has 3 aliphatic heterocycles. The average Bonchev–Trinajstić information content (AvgIpc) is 3.10. The fraction of sp³-hybridized carbons (Fsp3) is 0.350. The summed E-state index contributed by atoms with van der Waals surface area (Å²) < 4.78 is 0. The van der Waals surface area contributed by atoms with Gasteiger partial charge in [0.1, 0.15) is 5.02 Å². The maximum atomic E-state index is 6.61. The van der Waals surface area contributed by atoms with Crippen LogP contribution in [0.4, 0.5) is 28.8 Å². The zero-order valence-corrected chi connectivity index (χ0v) is 29.7. The Kier molecular flexibility index (Phi) is 10.6. The number of benzene rings is 2. The summed E-state index contributed by atoms with van der Waals surface area (Å²) in [5.74, 6) is 2.31. The number of nitrogens with one attached hydrogen (secondary N) is 4. The van der Waals surface area contributed by atoms with Gasteiger partial charge in [0, 0.05) is 85.1 Å². The van der Waals surface area contributed by atoms with Gasteiger partial charge < -0.3 is 31.1 Å². The summed E-state index contributed by atoms with van der Waals surface area (Å²) in [5, 5.41) is 14.1. The van der Waals surface area contributed by atoms with Gasteiger partial charge in [-0.15, -0.1) is 0 Å². The van der Waals surface area contributed by atoms with Crippen LogP contribution in [0.5, 0.6) is 0 Å². The molecule has 0 saturated carbocycles. The van der Waals surface area contributed by atoms with E-state index in [0.717, 1.165) is 104 Å². The molecule has 0 bridgehead atoms. The lowest BCUT2D eigenvalue weighted by Crippen LogP contribution is -2.35. The highest BCUT2D eigenvalue weighted by atomic mass is 35.5. The number of piperidine rings is 2. The van der Waals surface area contributed by atoms with Crippen LogP contribution in [0.3, 0.4) is 0 Å². The predicted molar refractivity (Wildman–Crippen MR) is 208 cm³/mol. The Hall–Kier alpha value is -4.69. The average molecular weight is 677 g/mol. The SMILES string of the molecule is C=C(CCC1=Cc2cc(Nc3nc(N4CCC(CCNc5cccc(C6CCC(=C)NC6=C)c5)CC4)ncc3Cl)ccc2N(C)C1=C)NC. The third kappa shape index (κ3) is 8.14. The lowest BCUT2D eigenvalue weighted by molar-refractivity contribution is 0.387. The van der Waals surface area contributed by atoms with Gasteiger partial charge in [0.25, 0.3) is 0 Å². The van der Waals surface area contributed by atoms with E-state index in [1.165, 1.54) is 16.8 Å². The maximum absolute atomic E-state index is 6.61. The number of anilines is 5. The van der Waals surface area contributed by atoms with E-state index >= 15 is 0 Å². The van der Waals surface area contributed by atoms with E-state index in [1.807, 2.05) is 7.05 Å². The number of fused-ring (bicyclic) bond motifs is 1. The molecule has 256 valence electrons. The lowest BCUT2D eigenvalue weighted by atomic mass is 9.88. The molecule has 0 amide bonds. The molecule has 0 radical (unpaired) electrons. The molecule has 6 rings (SSSR count). The van der Waals surface area contributed by atoms with Crippen LogP contribution in [-0.2, 0) is 0 Å². The summed E-state index contributed by atoms with van der Waals surface area (Å²) in [6, 6.07) is 15.1. The van der Waals surface area contributed by atoms with Crippen LogP contribution >= 0.6 is 11.6 Å². The van der Waals surface area contributed by atoms with Crippen LogP contribution < -0.4 is 31.1 Å². The number of hydrogen-bond acceptors (Lipinski definition) is 8. The third-order valence-corrected chi connectivity index (χ3v) is 10.4. The zero-order chi connectivity index (χ0) is 34.5. The minimum atomic E-state index is 0.327. The number of likely N-dealkylation sites (N-methyl/N-ethyl adjacent to an activating group) is 1. The van der Waals surface area contributed by atoms with Gasteiger partial charge in [-0.1, -0.05) is 50.0 Å². The number of allylic oxidation sites excluding steroid dienone is 4. The van der Waals surface area contributed by atoms with Crippen molar-refractivity contribution in [1.82, 2.24) is 20.6 Å². The quantitative estimate of drug-likeness (QED) is 0.151. The minimum absolute atomic E-state index is 0.327. The standard InChI is InChI=1S/C40H49ClN8/c1-26(42-5)10-12-31-22-33-24-35(13-15-38(33)48(6)29(31)4)46-39-37(41)25-44-40(47-39)49-20-17-30(18-21-49)16-19-43-34-9-7-8-32(23-34)36-14-11-27(2)45-28(36)3/h7-9,13,15,22-25,30,36,42-43,45H,1-4,10-12,14,16-21H2,5-6H3,(H,44,46,47). The minimum Gasteiger partial charge on any atom is -0.392 e. The van der Waals surface area contributed by atoms with E-state index in [-0.39, 0.29) is 0 Å². The Morgan fingerprint density at radius 3 is 2.65 bits per heavy atom. The number of nitrogens with zero attached hydrogens (tertiary/aromatic N) is 4. The molecular weight excluding hydrogens is 628 g/mol. The zero-order valence-electron chi connectivity index (χ0n) is 28.9. The lowest BCUT2D eigenvalue weighted by Gasteiger charge is -2.32. The summed E-state index contributed by atoms with van der Waals surface area (Å²) in [7, 11) is 3.97. The van der Waals surface area contributed by atoms with Crippen molar-refractivity contribution in [2.75, 3.05) is 54.2 Å². The molecular formula is C40H49ClN8. The number of rotatable bonds is 12. The highest BCUT2D eigenvalue weighted by molar-refractivity contribution is 6.32. The second kappa shape index (κ2) is 15.2. The largest absolute Gasteiger partial charge is 0.392 e. The molecule has 4 N–H and O–H groups in total. The summed E-state index contributed by atoms with van der Waals surface area (Å²) in [6.07, 6.45) is 11.0. The summed E-state index contributed by atoms with van der Waals surface area (Å²) in [5.41, 5.74) is 11.0. The van der Waals surface area contributed by atoms with E-state index in [4.69, 9.17) is 16.6 Å². The first-order valence-corrected chi connectivity index (χ1v) is 17.7. The normalized spacial score (nSPS) is 18.1. The van der Waals surface area contributed by atoms with Crippen molar-refractivity contribution in [1.29, 1.82) is 0 Å². The van der Waals surface area contributed by atoms with Crippen LogP contribution in [0.1, 0.15) is 62.0 Å². The van der Waals surface area contributed by atoms with Gasteiger partial charge in [0.2, 0.25) is 5.95 Å². The molecule has 3 aromatic rings.